The second-order valence-electron chi connectivity index (χ2n) is 5.08. The van der Waals surface area contributed by atoms with Crippen molar-refractivity contribution in [2.24, 2.45) is 0 Å². The lowest BCUT2D eigenvalue weighted by molar-refractivity contribution is 0.458. The van der Waals surface area contributed by atoms with Crippen LogP contribution in [0.2, 0.25) is 0 Å². The van der Waals surface area contributed by atoms with Crippen molar-refractivity contribution in [3.63, 3.8) is 0 Å². The molecule has 2 atom stereocenters. The fourth-order valence-electron chi connectivity index (χ4n) is 1.97. The summed E-state index contributed by atoms with van der Waals surface area (Å²) in [7, 11) is 0. The average molecular weight is 305 g/mol. The highest BCUT2D eigenvalue weighted by molar-refractivity contribution is 7.93. The van der Waals surface area contributed by atoms with Crippen molar-refractivity contribution in [1.82, 2.24) is 5.32 Å². The van der Waals surface area contributed by atoms with Crippen LogP contribution in [0.1, 0.15) is 25.5 Å². The van der Waals surface area contributed by atoms with Crippen LogP contribution in [0.4, 0.5) is 18.9 Å². The third-order valence-corrected chi connectivity index (χ3v) is 5.35. The second-order valence-corrected chi connectivity index (χ2v) is 7.13. The molecular formula is C12H14F3N3OS. The Labute approximate surface area is 117 Å². The molecule has 1 heterocycles. The first-order chi connectivity index (χ1) is 9.16. The summed E-state index contributed by atoms with van der Waals surface area (Å²) in [6.45, 7) is 3.17. The Hall–Kier alpha value is -1.41. The van der Waals surface area contributed by atoms with Gasteiger partial charge in [-0.05, 0) is 25.0 Å². The molecule has 2 rings (SSSR count). The number of nitrogens with two attached hydrogens (primary N) is 1. The van der Waals surface area contributed by atoms with Crippen LogP contribution in [0.15, 0.2) is 6.07 Å². The van der Waals surface area contributed by atoms with Crippen molar-refractivity contribution in [2.45, 2.75) is 24.6 Å². The lowest BCUT2D eigenvalue weighted by Gasteiger charge is -2.38. The zero-order valence-corrected chi connectivity index (χ0v) is 11.7. The molecule has 1 aliphatic heterocycles. The molecule has 0 saturated carbocycles. The van der Waals surface area contributed by atoms with Gasteiger partial charge in [0.1, 0.15) is 11.8 Å². The maximum absolute atomic E-state index is 13.9. The molecule has 1 aromatic rings. The highest BCUT2D eigenvalue weighted by atomic mass is 32.2. The number of nitrogens with one attached hydrogen (secondary N) is 2. The lowest BCUT2D eigenvalue weighted by atomic mass is 10.0. The molecule has 0 spiro atoms. The van der Waals surface area contributed by atoms with E-state index < -0.39 is 50.7 Å². The standard InChI is InChI=1S/C12H14F3N3OS/c1-12(2)11(17)18-7(4-20(12)19)8-9(14)5(13)3-6(16)10(8)15/h3,7H,4,16H2,1-2H3,(H2,17,18). The van der Waals surface area contributed by atoms with Crippen molar-refractivity contribution in [2.75, 3.05) is 11.5 Å². The van der Waals surface area contributed by atoms with Gasteiger partial charge in [-0.1, -0.05) is 0 Å². The van der Waals surface area contributed by atoms with Gasteiger partial charge >= 0.3 is 0 Å². The van der Waals surface area contributed by atoms with Gasteiger partial charge in [-0.3, -0.25) is 5.41 Å². The largest absolute Gasteiger partial charge is 0.616 e. The molecule has 1 aliphatic rings. The van der Waals surface area contributed by atoms with Gasteiger partial charge in [-0.25, -0.2) is 13.2 Å². The van der Waals surface area contributed by atoms with Crippen LogP contribution < -0.4 is 11.1 Å². The highest BCUT2D eigenvalue weighted by Gasteiger charge is 2.45. The first-order valence-corrected chi connectivity index (χ1v) is 7.15. The highest BCUT2D eigenvalue weighted by Crippen LogP contribution is 2.34. The van der Waals surface area contributed by atoms with Crippen molar-refractivity contribution >= 4 is 22.7 Å². The zero-order valence-electron chi connectivity index (χ0n) is 10.9. The molecule has 8 heteroatoms. The minimum absolute atomic E-state index is 0.117. The molecule has 4 N–H and O–H groups in total. The van der Waals surface area contributed by atoms with Crippen LogP contribution in [-0.2, 0) is 11.2 Å². The average Bonchev–Trinajstić information content (AvgIpc) is 2.34. The maximum atomic E-state index is 13.9. The Morgan fingerprint density at radius 3 is 2.55 bits per heavy atom. The van der Waals surface area contributed by atoms with E-state index in [1.165, 1.54) is 0 Å². The molecule has 20 heavy (non-hydrogen) atoms. The first kappa shape index (κ1) is 15.0. The first-order valence-electron chi connectivity index (χ1n) is 5.83. The maximum Gasteiger partial charge on any atom is 0.176 e. The Morgan fingerprint density at radius 1 is 1.40 bits per heavy atom. The summed E-state index contributed by atoms with van der Waals surface area (Å²) in [6.07, 6.45) is 0. The van der Waals surface area contributed by atoms with E-state index in [1.54, 1.807) is 13.8 Å². The van der Waals surface area contributed by atoms with Crippen molar-refractivity contribution in [1.29, 1.82) is 5.41 Å². The van der Waals surface area contributed by atoms with E-state index in [9.17, 15) is 17.7 Å². The van der Waals surface area contributed by atoms with E-state index >= 15 is 0 Å². The predicted molar refractivity (Wildman–Crippen MR) is 71.4 cm³/mol. The number of hydrogen-bond acceptors (Lipinski definition) is 3. The molecule has 0 bridgehead atoms. The fraction of sp³-hybridized carbons (Fsp3) is 0.417. The number of hydrogen-bond donors (Lipinski definition) is 3. The van der Waals surface area contributed by atoms with Gasteiger partial charge in [-0.15, -0.1) is 0 Å². The molecule has 1 fully saturated rings. The third kappa shape index (κ3) is 2.22. The molecule has 4 nitrogen and oxygen atoms in total. The summed E-state index contributed by atoms with van der Waals surface area (Å²) in [5, 5.41) is 10.4. The van der Waals surface area contributed by atoms with E-state index in [2.05, 4.69) is 5.32 Å². The van der Waals surface area contributed by atoms with E-state index in [0.717, 1.165) is 0 Å². The topological polar surface area (TPSA) is 85.0 Å². The van der Waals surface area contributed by atoms with E-state index in [-0.39, 0.29) is 11.6 Å². The number of anilines is 1. The normalized spacial score (nSPS) is 25.4. The summed E-state index contributed by atoms with van der Waals surface area (Å²) in [5.74, 6) is -3.99. The Bertz CT molecular complexity index is 553. The van der Waals surface area contributed by atoms with Gasteiger partial charge in [-0.2, -0.15) is 0 Å². The Kier molecular flexibility index (Phi) is 3.64. The summed E-state index contributed by atoms with van der Waals surface area (Å²) in [6, 6.07) is -0.530. The molecule has 0 amide bonds. The summed E-state index contributed by atoms with van der Waals surface area (Å²) >= 11 is -1.52. The van der Waals surface area contributed by atoms with Crippen molar-refractivity contribution < 1.29 is 17.7 Å². The van der Waals surface area contributed by atoms with Crippen molar-refractivity contribution in [3.05, 3.63) is 29.1 Å². The molecular weight excluding hydrogens is 291 g/mol. The predicted octanol–water partition coefficient (Wildman–Crippen LogP) is 1.83. The van der Waals surface area contributed by atoms with Crippen LogP contribution in [0.5, 0.6) is 0 Å². The second kappa shape index (κ2) is 4.85. The summed E-state index contributed by atoms with van der Waals surface area (Å²) in [4.78, 5) is 0. The quantitative estimate of drug-likeness (QED) is 0.420. The SMILES string of the molecule is CC1(C)C(=N)NC(c2c(F)c(N)cc(F)c2F)C[S+]1[O-]. The smallest absolute Gasteiger partial charge is 0.176 e. The lowest BCUT2D eigenvalue weighted by Crippen LogP contribution is -2.56. The third-order valence-electron chi connectivity index (χ3n) is 3.37. The van der Waals surface area contributed by atoms with E-state index in [1.807, 2.05) is 0 Å². The Balaban J connectivity index is 2.47. The van der Waals surface area contributed by atoms with Gasteiger partial charge in [0.15, 0.2) is 28.0 Å². The number of benzene rings is 1. The van der Waals surface area contributed by atoms with Crippen molar-refractivity contribution in [3.8, 4) is 0 Å². The monoisotopic (exact) mass is 305 g/mol. The minimum atomic E-state index is -1.52. The number of nitrogen functional groups attached to an aromatic ring is 1. The van der Waals surface area contributed by atoms with Gasteiger partial charge < -0.3 is 15.6 Å². The molecule has 0 radical (unpaired) electrons. The van der Waals surface area contributed by atoms with Crippen LogP contribution in [0.25, 0.3) is 0 Å². The van der Waals surface area contributed by atoms with Crippen LogP contribution in [-0.4, -0.2) is 20.9 Å². The number of amidine groups is 1. The van der Waals surface area contributed by atoms with Crippen LogP contribution >= 0.6 is 0 Å². The van der Waals surface area contributed by atoms with E-state index in [4.69, 9.17) is 11.1 Å². The summed E-state index contributed by atoms with van der Waals surface area (Å²) < 4.78 is 52.2. The molecule has 110 valence electrons. The molecule has 0 aromatic heterocycles. The number of halogens is 3. The molecule has 0 aliphatic carbocycles. The van der Waals surface area contributed by atoms with Crippen LogP contribution in [0, 0.1) is 22.9 Å². The van der Waals surface area contributed by atoms with Gasteiger partial charge in [0.05, 0.1) is 11.3 Å². The van der Waals surface area contributed by atoms with Gasteiger partial charge in [0.2, 0.25) is 0 Å². The molecule has 1 saturated heterocycles. The number of rotatable bonds is 1. The minimum Gasteiger partial charge on any atom is -0.616 e. The van der Waals surface area contributed by atoms with Crippen LogP contribution in [0.3, 0.4) is 0 Å². The summed E-state index contributed by atoms with van der Waals surface area (Å²) in [5.41, 5.74) is 4.14. The van der Waals surface area contributed by atoms with Gasteiger partial charge in [0.25, 0.3) is 0 Å². The van der Waals surface area contributed by atoms with E-state index in [0.29, 0.717) is 6.07 Å². The fourth-order valence-corrected chi connectivity index (χ4v) is 3.22. The molecule has 1 aromatic carbocycles. The Morgan fingerprint density at radius 2 is 2.00 bits per heavy atom. The van der Waals surface area contributed by atoms with Gasteiger partial charge in [0, 0.05) is 6.07 Å². The molecule has 2 unspecified atom stereocenters. The zero-order chi connectivity index (χ0) is 15.2.